The number of allylic oxidation sites excluding steroid dienone is 4. The quantitative estimate of drug-likeness (QED) is 0.0169. The molecule has 3 unspecified atom stereocenters. The summed E-state index contributed by atoms with van der Waals surface area (Å²) in [5, 5.41) is 10.6. The molecule has 0 radical (unpaired) electrons. The van der Waals surface area contributed by atoms with Crippen LogP contribution in [0.15, 0.2) is 24.3 Å². The minimum absolute atomic E-state index is 0.0836. The average Bonchev–Trinajstić information content (AvgIpc) is 3.24. The van der Waals surface area contributed by atoms with Crippen LogP contribution in [0, 0.1) is 17.8 Å². The Kier molecular flexibility index (Phi) is 59.7. The summed E-state index contributed by atoms with van der Waals surface area (Å²) in [4.78, 5) is 72.5. The van der Waals surface area contributed by atoms with Gasteiger partial charge in [-0.15, -0.1) is 0 Å². The molecule has 0 bridgehead atoms. The highest BCUT2D eigenvalue weighted by atomic mass is 31.2. The first kappa shape index (κ1) is 87.5. The number of phosphoric acid groups is 2. The number of rotatable bonds is 67. The van der Waals surface area contributed by atoms with Gasteiger partial charge in [0.2, 0.25) is 0 Å². The van der Waals surface area contributed by atoms with E-state index in [4.69, 9.17) is 37.0 Å². The summed E-state index contributed by atoms with van der Waals surface area (Å²) in [7, 11) is -9.92. The lowest BCUT2D eigenvalue weighted by molar-refractivity contribution is -0.161. The smallest absolute Gasteiger partial charge is 0.462 e. The van der Waals surface area contributed by atoms with E-state index in [1.807, 2.05) is 0 Å². The molecule has 530 valence electrons. The monoisotopic (exact) mass is 1320 g/mol. The van der Waals surface area contributed by atoms with Gasteiger partial charge in [0, 0.05) is 25.7 Å². The maximum Gasteiger partial charge on any atom is 0.472 e. The van der Waals surface area contributed by atoms with Crippen molar-refractivity contribution in [1.29, 1.82) is 0 Å². The Morgan fingerprint density at radius 1 is 0.367 bits per heavy atom. The maximum atomic E-state index is 13.0. The van der Waals surface area contributed by atoms with Gasteiger partial charge >= 0.3 is 39.5 Å². The molecule has 19 heteroatoms. The molecule has 90 heavy (non-hydrogen) atoms. The molecule has 0 aliphatic rings. The van der Waals surface area contributed by atoms with Crippen molar-refractivity contribution in [2.24, 2.45) is 17.8 Å². The summed E-state index contributed by atoms with van der Waals surface area (Å²) in [5.74, 6) is 0.0618. The SMILES string of the molecule is CCCCCC/C=C\C=C/CCCCCCCC(=O)O[C@H](COC(=O)CCCCCCCCC(C)CC)COP(=O)(O)OC[C@H](O)COP(=O)(O)OC[C@@H](COC(=O)CCCCCCCCCCCCC(C)C)OC(=O)CCCCCCCCCCCC(C)C. The van der Waals surface area contributed by atoms with E-state index in [2.05, 4.69) is 72.8 Å². The third-order valence-corrected chi connectivity index (χ3v) is 18.0. The number of aliphatic hydroxyl groups is 1. The number of esters is 4. The Balaban J connectivity index is 5.29. The van der Waals surface area contributed by atoms with E-state index in [-0.39, 0.29) is 25.7 Å². The Hall–Kier alpha value is -2.46. The lowest BCUT2D eigenvalue weighted by Gasteiger charge is -2.21. The highest BCUT2D eigenvalue weighted by molar-refractivity contribution is 7.47. The van der Waals surface area contributed by atoms with E-state index >= 15 is 0 Å². The van der Waals surface area contributed by atoms with Gasteiger partial charge in [-0.05, 0) is 69.1 Å². The molecule has 0 saturated heterocycles. The van der Waals surface area contributed by atoms with Crippen molar-refractivity contribution in [1.82, 2.24) is 0 Å². The zero-order valence-electron chi connectivity index (χ0n) is 58.1. The summed E-state index contributed by atoms with van der Waals surface area (Å²) >= 11 is 0. The van der Waals surface area contributed by atoms with Gasteiger partial charge in [-0.2, -0.15) is 0 Å². The molecule has 0 rings (SSSR count). The van der Waals surface area contributed by atoms with Gasteiger partial charge < -0.3 is 33.8 Å². The Morgan fingerprint density at radius 3 is 0.989 bits per heavy atom. The van der Waals surface area contributed by atoms with Gasteiger partial charge in [0.25, 0.3) is 0 Å². The van der Waals surface area contributed by atoms with Gasteiger partial charge in [-0.1, -0.05) is 278 Å². The van der Waals surface area contributed by atoms with E-state index in [1.165, 1.54) is 122 Å². The van der Waals surface area contributed by atoms with E-state index < -0.39 is 97.5 Å². The van der Waals surface area contributed by atoms with Crippen LogP contribution in [0.25, 0.3) is 0 Å². The van der Waals surface area contributed by atoms with Crippen LogP contribution in [-0.4, -0.2) is 96.7 Å². The first-order valence-electron chi connectivity index (χ1n) is 36.2. The van der Waals surface area contributed by atoms with Crippen LogP contribution in [-0.2, 0) is 65.4 Å². The summed E-state index contributed by atoms with van der Waals surface area (Å²) in [6.07, 6.45) is 48.0. The van der Waals surface area contributed by atoms with E-state index in [0.717, 1.165) is 127 Å². The fourth-order valence-corrected chi connectivity index (χ4v) is 11.7. The lowest BCUT2D eigenvalue weighted by atomic mass is 10.00. The summed E-state index contributed by atoms with van der Waals surface area (Å²) in [5.41, 5.74) is 0. The van der Waals surface area contributed by atoms with Crippen molar-refractivity contribution < 1.29 is 80.2 Å². The number of unbranched alkanes of at least 4 members (excludes halogenated alkanes) is 31. The minimum atomic E-state index is -4.96. The molecule has 6 atom stereocenters. The van der Waals surface area contributed by atoms with Crippen LogP contribution < -0.4 is 0 Å². The van der Waals surface area contributed by atoms with Crippen LogP contribution in [0.5, 0.6) is 0 Å². The lowest BCUT2D eigenvalue weighted by Crippen LogP contribution is -2.30. The second-order valence-electron chi connectivity index (χ2n) is 26.1. The van der Waals surface area contributed by atoms with Gasteiger partial charge in [0.15, 0.2) is 12.2 Å². The van der Waals surface area contributed by atoms with Crippen molar-refractivity contribution in [3.05, 3.63) is 24.3 Å². The molecular weight excluding hydrogens is 1190 g/mol. The molecular formula is C71H134O17P2. The normalized spacial score (nSPS) is 14.7. The van der Waals surface area contributed by atoms with E-state index in [9.17, 15) is 43.2 Å². The van der Waals surface area contributed by atoms with Crippen molar-refractivity contribution in [3.8, 4) is 0 Å². The minimum Gasteiger partial charge on any atom is -0.462 e. The average molecular weight is 1320 g/mol. The van der Waals surface area contributed by atoms with Crippen LogP contribution in [0.1, 0.15) is 331 Å². The zero-order valence-corrected chi connectivity index (χ0v) is 59.9. The van der Waals surface area contributed by atoms with Crippen molar-refractivity contribution >= 4 is 39.5 Å². The molecule has 0 aromatic carbocycles. The van der Waals surface area contributed by atoms with E-state index in [0.29, 0.717) is 25.7 Å². The Labute approximate surface area is 548 Å². The number of aliphatic hydroxyl groups excluding tert-OH is 1. The third kappa shape index (κ3) is 63.0. The Bertz CT molecular complexity index is 1860. The molecule has 0 aliphatic carbocycles. The predicted molar refractivity (Wildman–Crippen MR) is 363 cm³/mol. The summed E-state index contributed by atoms with van der Waals surface area (Å²) in [6, 6.07) is 0. The van der Waals surface area contributed by atoms with Crippen LogP contribution >= 0.6 is 15.6 Å². The number of carbonyl (C=O) groups is 4. The second kappa shape index (κ2) is 61.4. The number of hydrogen-bond donors (Lipinski definition) is 3. The molecule has 17 nitrogen and oxygen atoms in total. The Morgan fingerprint density at radius 2 is 0.656 bits per heavy atom. The van der Waals surface area contributed by atoms with Crippen LogP contribution in [0.4, 0.5) is 0 Å². The standard InChI is InChI=1S/C71H134O17P2/c1-8-10-11-12-13-14-15-16-17-18-19-26-31-40-47-54-70(75)88-67(59-82-69(74)53-46-39-34-33-37-44-51-64(7)9-2)61-86-90(79,80)84-57-65(72)56-83-89(77,78)85-60-66(87-71(76)55-48-41-32-27-22-24-29-36-43-50-63(5)6)58-81-68(73)52-45-38-30-25-21-20-23-28-35-42-49-62(3)4/h14-17,62-67,72H,8-13,18-61H2,1-7H3,(H,77,78)(H,79,80)/b15-14-,17-16-/t64?,65-,66-,67-/m1/s1. The highest BCUT2D eigenvalue weighted by Crippen LogP contribution is 2.45. The molecule has 3 N–H and O–H groups in total. The number of ether oxygens (including phenoxy) is 4. The molecule has 0 aliphatic heterocycles. The van der Waals surface area contributed by atoms with Crippen molar-refractivity contribution in [3.63, 3.8) is 0 Å². The fourth-order valence-electron chi connectivity index (χ4n) is 10.1. The molecule has 0 aromatic heterocycles. The summed E-state index contributed by atoms with van der Waals surface area (Å²) < 4.78 is 68.3. The number of carbonyl (C=O) groups excluding carboxylic acids is 4. The highest BCUT2D eigenvalue weighted by Gasteiger charge is 2.30. The molecule has 0 heterocycles. The van der Waals surface area contributed by atoms with Crippen molar-refractivity contribution in [2.45, 2.75) is 349 Å². The van der Waals surface area contributed by atoms with Gasteiger partial charge in [0.05, 0.1) is 26.4 Å². The molecule has 0 saturated carbocycles. The second-order valence-corrected chi connectivity index (χ2v) is 29.0. The van der Waals surface area contributed by atoms with Gasteiger partial charge in [-0.3, -0.25) is 37.3 Å². The predicted octanol–water partition coefficient (Wildman–Crippen LogP) is 19.8. The topological polar surface area (TPSA) is 237 Å². The largest absolute Gasteiger partial charge is 0.472 e. The summed E-state index contributed by atoms with van der Waals surface area (Å²) in [6.45, 7) is 11.7. The first-order chi connectivity index (χ1) is 43.3. The zero-order chi connectivity index (χ0) is 66.6. The number of hydrogen-bond acceptors (Lipinski definition) is 15. The fraction of sp³-hybridized carbons (Fsp3) is 0.887. The van der Waals surface area contributed by atoms with Gasteiger partial charge in [-0.25, -0.2) is 9.13 Å². The van der Waals surface area contributed by atoms with Gasteiger partial charge in [0.1, 0.15) is 19.3 Å². The first-order valence-corrected chi connectivity index (χ1v) is 39.2. The van der Waals surface area contributed by atoms with Crippen molar-refractivity contribution in [2.75, 3.05) is 39.6 Å². The maximum absolute atomic E-state index is 13.0. The molecule has 0 amide bonds. The molecule has 0 spiro atoms. The van der Waals surface area contributed by atoms with E-state index in [1.54, 1.807) is 0 Å². The molecule has 0 fully saturated rings. The number of phosphoric ester groups is 2. The molecule has 0 aromatic rings. The van der Waals surface area contributed by atoms with Crippen LogP contribution in [0.2, 0.25) is 0 Å². The third-order valence-electron chi connectivity index (χ3n) is 16.1. The van der Waals surface area contributed by atoms with Crippen LogP contribution in [0.3, 0.4) is 0 Å².